The van der Waals surface area contributed by atoms with Gasteiger partial charge in [0.25, 0.3) is 0 Å². The maximum atomic E-state index is 13.7. The predicted molar refractivity (Wildman–Crippen MR) is 94.8 cm³/mol. The highest BCUT2D eigenvalue weighted by molar-refractivity contribution is 14.1. The van der Waals surface area contributed by atoms with Crippen LogP contribution >= 0.6 is 22.6 Å². The van der Waals surface area contributed by atoms with Crippen LogP contribution in [0.1, 0.15) is 84.5 Å². The molecule has 0 aliphatic rings. The first-order chi connectivity index (χ1) is 11.3. The molecule has 0 saturated carbocycles. The van der Waals surface area contributed by atoms with E-state index in [1.165, 1.54) is 6.42 Å². The monoisotopic (exact) mass is 492 g/mol. The van der Waals surface area contributed by atoms with Crippen LogP contribution in [0.2, 0.25) is 0 Å². The Bertz CT molecular complexity index is 368. The zero-order valence-corrected chi connectivity index (χ0v) is 17.0. The Hall–Kier alpha value is 0.240. The Labute approximate surface area is 159 Å². The van der Waals surface area contributed by atoms with Gasteiger partial charge < -0.3 is 0 Å². The average molecular weight is 492 g/mol. The molecule has 0 nitrogen and oxygen atoms in total. The summed E-state index contributed by atoms with van der Waals surface area (Å²) in [4.78, 5) is 0. The van der Waals surface area contributed by atoms with E-state index < -0.39 is 27.9 Å². The first kappa shape index (κ1) is 25.2. The molecule has 1 atom stereocenters. The van der Waals surface area contributed by atoms with Crippen molar-refractivity contribution in [1.29, 1.82) is 0 Å². The van der Waals surface area contributed by atoms with Crippen LogP contribution in [0.25, 0.3) is 0 Å². The molecule has 1 unspecified atom stereocenters. The predicted octanol–water partition coefficient (Wildman–Crippen LogP) is 8.32. The van der Waals surface area contributed by atoms with Crippen molar-refractivity contribution in [3.8, 4) is 0 Å². The van der Waals surface area contributed by atoms with Gasteiger partial charge in [0, 0.05) is 9.84 Å². The molecular weight excluding hydrogens is 464 g/mol. The van der Waals surface area contributed by atoms with Crippen molar-refractivity contribution in [2.75, 3.05) is 0 Å². The lowest BCUT2D eigenvalue weighted by atomic mass is 9.89. The molecule has 0 heterocycles. The standard InChI is InChI=1S/C17H28F7I/c1-3-5-6-7-8-9-10-11-12-14(25,4-2)13-15(18,19)16(20,21)17(22,23)24/h3-13H2,1-2H3. The Balaban J connectivity index is 4.49. The van der Waals surface area contributed by atoms with Crippen molar-refractivity contribution in [2.45, 2.75) is 106 Å². The summed E-state index contributed by atoms with van der Waals surface area (Å²) in [6.45, 7) is 3.65. The van der Waals surface area contributed by atoms with E-state index >= 15 is 0 Å². The molecule has 0 amide bonds. The fourth-order valence-electron chi connectivity index (χ4n) is 2.68. The van der Waals surface area contributed by atoms with Gasteiger partial charge >= 0.3 is 18.0 Å². The normalized spacial score (nSPS) is 16.1. The van der Waals surface area contributed by atoms with Crippen LogP contribution in [-0.2, 0) is 0 Å². The zero-order valence-electron chi connectivity index (χ0n) is 14.8. The lowest BCUT2D eigenvalue weighted by Crippen LogP contribution is -2.54. The van der Waals surface area contributed by atoms with Crippen molar-refractivity contribution in [2.24, 2.45) is 0 Å². The number of alkyl halides is 8. The summed E-state index contributed by atoms with van der Waals surface area (Å²) in [7, 11) is 0. The van der Waals surface area contributed by atoms with E-state index in [-0.39, 0.29) is 12.8 Å². The van der Waals surface area contributed by atoms with Crippen molar-refractivity contribution in [3.63, 3.8) is 0 Å². The molecule has 152 valence electrons. The van der Waals surface area contributed by atoms with E-state index in [0.717, 1.165) is 38.5 Å². The van der Waals surface area contributed by atoms with Crippen molar-refractivity contribution in [3.05, 3.63) is 0 Å². The molecular formula is C17H28F7I. The molecule has 8 heteroatoms. The molecule has 0 N–H and O–H groups in total. The van der Waals surface area contributed by atoms with Gasteiger partial charge in [-0.1, -0.05) is 87.8 Å². The maximum Gasteiger partial charge on any atom is 0.459 e. The number of hydrogen-bond acceptors (Lipinski definition) is 0. The largest absolute Gasteiger partial charge is 0.459 e. The summed E-state index contributed by atoms with van der Waals surface area (Å²) in [5, 5.41) is 0. The molecule has 0 aliphatic heterocycles. The number of rotatable bonds is 13. The Kier molecular flexibility index (Phi) is 10.6. The van der Waals surface area contributed by atoms with Gasteiger partial charge in [-0.2, -0.15) is 30.7 Å². The van der Waals surface area contributed by atoms with Crippen LogP contribution in [0, 0.1) is 0 Å². The first-order valence-electron chi connectivity index (χ1n) is 8.84. The summed E-state index contributed by atoms with van der Waals surface area (Å²) in [6, 6.07) is 0. The highest BCUT2D eigenvalue weighted by Crippen LogP contribution is 2.52. The summed E-state index contributed by atoms with van der Waals surface area (Å²) in [6.07, 6.45) is 0.470. The molecule has 25 heavy (non-hydrogen) atoms. The first-order valence-corrected chi connectivity index (χ1v) is 9.92. The van der Waals surface area contributed by atoms with Crippen LogP contribution in [0.4, 0.5) is 30.7 Å². The van der Waals surface area contributed by atoms with E-state index in [1.807, 2.05) is 0 Å². The van der Waals surface area contributed by atoms with Gasteiger partial charge in [-0.3, -0.25) is 0 Å². The number of unbranched alkanes of at least 4 members (excludes halogenated alkanes) is 7. The summed E-state index contributed by atoms with van der Waals surface area (Å²) in [5.74, 6) is -11.1. The summed E-state index contributed by atoms with van der Waals surface area (Å²) >= 11 is 1.63. The molecule has 0 fully saturated rings. The Morgan fingerprint density at radius 2 is 1.12 bits per heavy atom. The third-order valence-electron chi connectivity index (χ3n) is 4.47. The number of hydrogen-bond donors (Lipinski definition) is 0. The van der Waals surface area contributed by atoms with Crippen LogP contribution in [0.15, 0.2) is 0 Å². The van der Waals surface area contributed by atoms with Gasteiger partial charge in [0.2, 0.25) is 0 Å². The lowest BCUT2D eigenvalue weighted by molar-refractivity contribution is -0.356. The molecule has 0 aromatic carbocycles. The second-order valence-electron chi connectivity index (χ2n) is 6.68. The molecule has 0 rings (SSSR count). The summed E-state index contributed by atoms with van der Waals surface area (Å²) < 4.78 is 89.0. The quantitative estimate of drug-likeness (QED) is 0.105. The van der Waals surface area contributed by atoms with Crippen molar-refractivity contribution >= 4 is 22.6 Å². The van der Waals surface area contributed by atoms with Gasteiger partial charge in [-0.25, -0.2) is 0 Å². The summed E-state index contributed by atoms with van der Waals surface area (Å²) in [5.41, 5.74) is 0. The fourth-order valence-corrected chi connectivity index (χ4v) is 3.54. The van der Waals surface area contributed by atoms with Gasteiger partial charge in [-0.15, -0.1) is 0 Å². The Morgan fingerprint density at radius 3 is 1.52 bits per heavy atom. The van der Waals surface area contributed by atoms with Crippen LogP contribution in [0.3, 0.4) is 0 Å². The van der Waals surface area contributed by atoms with E-state index in [0.29, 0.717) is 6.42 Å². The van der Waals surface area contributed by atoms with Gasteiger partial charge in [0.15, 0.2) is 0 Å². The zero-order chi connectivity index (χ0) is 19.8. The number of halogens is 8. The fraction of sp³-hybridized carbons (Fsp3) is 1.00. The van der Waals surface area contributed by atoms with Crippen LogP contribution < -0.4 is 0 Å². The van der Waals surface area contributed by atoms with Gasteiger partial charge in [0.1, 0.15) is 0 Å². The SMILES string of the molecule is CCCCCCCCCCC(I)(CC)CC(F)(F)C(F)(F)C(F)(F)F. The third-order valence-corrected chi connectivity index (χ3v) is 6.15. The molecule has 0 saturated heterocycles. The molecule has 0 radical (unpaired) electrons. The maximum absolute atomic E-state index is 13.7. The van der Waals surface area contributed by atoms with Crippen molar-refractivity contribution < 1.29 is 30.7 Å². The minimum Gasteiger partial charge on any atom is -0.199 e. The molecule has 0 spiro atoms. The highest BCUT2D eigenvalue weighted by atomic mass is 127. The van der Waals surface area contributed by atoms with Crippen LogP contribution in [0.5, 0.6) is 0 Å². The molecule has 0 aliphatic carbocycles. The molecule has 0 bridgehead atoms. The highest BCUT2D eigenvalue weighted by Gasteiger charge is 2.73. The van der Waals surface area contributed by atoms with E-state index in [9.17, 15) is 30.7 Å². The van der Waals surface area contributed by atoms with Crippen LogP contribution in [-0.4, -0.2) is 21.4 Å². The second kappa shape index (κ2) is 10.5. The third kappa shape index (κ3) is 8.20. The average Bonchev–Trinajstić information content (AvgIpc) is 2.48. The topological polar surface area (TPSA) is 0 Å². The second-order valence-corrected chi connectivity index (χ2v) is 8.97. The Morgan fingerprint density at radius 1 is 0.680 bits per heavy atom. The molecule has 0 aromatic rings. The molecule has 0 aromatic heterocycles. The van der Waals surface area contributed by atoms with E-state index in [1.54, 1.807) is 29.5 Å². The lowest BCUT2D eigenvalue weighted by Gasteiger charge is -2.35. The van der Waals surface area contributed by atoms with Crippen molar-refractivity contribution in [1.82, 2.24) is 0 Å². The minimum absolute atomic E-state index is 0.119. The van der Waals surface area contributed by atoms with Gasteiger partial charge in [-0.05, 0) is 12.8 Å². The minimum atomic E-state index is -6.25. The van der Waals surface area contributed by atoms with E-state index in [2.05, 4.69) is 6.92 Å². The smallest absolute Gasteiger partial charge is 0.199 e. The van der Waals surface area contributed by atoms with E-state index in [4.69, 9.17) is 0 Å². The van der Waals surface area contributed by atoms with Gasteiger partial charge in [0.05, 0.1) is 0 Å².